The third-order valence-electron chi connectivity index (χ3n) is 3.34. The number of hydrogen-bond acceptors (Lipinski definition) is 3. The van der Waals surface area contributed by atoms with Crippen molar-refractivity contribution >= 4 is 5.91 Å². The number of nitrogens with one attached hydrogen (secondary N) is 1. The van der Waals surface area contributed by atoms with Gasteiger partial charge in [0.15, 0.2) is 6.61 Å². The van der Waals surface area contributed by atoms with Crippen LogP contribution in [0.15, 0.2) is 18.2 Å². The lowest BCUT2D eigenvalue weighted by Gasteiger charge is -2.23. The summed E-state index contributed by atoms with van der Waals surface area (Å²) < 4.78 is 41.8. The molecular weight excluding hydrogens is 309 g/mol. The molecule has 0 heterocycles. The van der Waals surface area contributed by atoms with Crippen molar-refractivity contribution in [1.29, 1.82) is 0 Å². The Balaban J connectivity index is 2.78. The Morgan fingerprint density at radius 1 is 1.35 bits per heavy atom. The van der Waals surface area contributed by atoms with Crippen molar-refractivity contribution in [2.24, 2.45) is 5.73 Å². The quantitative estimate of drug-likeness (QED) is 0.806. The van der Waals surface area contributed by atoms with Crippen molar-refractivity contribution in [1.82, 2.24) is 5.32 Å². The molecule has 1 aromatic carbocycles. The molecule has 0 aliphatic carbocycles. The molecule has 0 saturated carbocycles. The predicted octanol–water partition coefficient (Wildman–Crippen LogP) is 3.07. The monoisotopic (exact) mass is 332 g/mol. The minimum Gasteiger partial charge on any atom is -0.484 e. The number of alkyl halides is 3. The van der Waals surface area contributed by atoms with Gasteiger partial charge in [-0.25, -0.2) is 0 Å². The Hall–Kier alpha value is -1.76. The molecule has 1 aromatic rings. The van der Waals surface area contributed by atoms with Crippen LogP contribution in [0.25, 0.3) is 0 Å². The molecule has 0 aromatic heterocycles. The lowest BCUT2D eigenvalue weighted by molar-refractivity contribution is -0.153. The molecular formula is C16H23F3N2O2. The fraction of sp³-hybridized carbons (Fsp3) is 0.562. The molecule has 0 spiro atoms. The highest BCUT2D eigenvalue weighted by Crippen LogP contribution is 2.24. The van der Waals surface area contributed by atoms with Crippen LogP contribution in [0.2, 0.25) is 0 Å². The van der Waals surface area contributed by atoms with E-state index in [1.165, 1.54) is 6.07 Å². The number of aryl methyl sites for hydroxylation is 1. The maximum atomic E-state index is 12.3. The fourth-order valence-corrected chi connectivity index (χ4v) is 2.11. The van der Waals surface area contributed by atoms with Crippen molar-refractivity contribution < 1.29 is 22.7 Å². The van der Waals surface area contributed by atoms with Crippen LogP contribution in [0.5, 0.6) is 5.75 Å². The molecule has 0 radical (unpaired) electrons. The first-order valence-corrected chi connectivity index (χ1v) is 7.41. The molecule has 1 amide bonds. The SMILES string of the molecule is CCCC(C)(N)C(=O)NCc1ccc(C)cc1OCC(F)(F)F. The first kappa shape index (κ1) is 19.3. The third-order valence-corrected chi connectivity index (χ3v) is 3.34. The number of ether oxygens (including phenoxy) is 1. The maximum absolute atomic E-state index is 12.3. The molecule has 4 nitrogen and oxygen atoms in total. The van der Waals surface area contributed by atoms with Crippen LogP contribution in [0.3, 0.4) is 0 Å². The van der Waals surface area contributed by atoms with Gasteiger partial charge in [0, 0.05) is 12.1 Å². The summed E-state index contributed by atoms with van der Waals surface area (Å²) in [4.78, 5) is 12.1. The highest BCUT2D eigenvalue weighted by Gasteiger charge is 2.29. The highest BCUT2D eigenvalue weighted by atomic mass is 19.4. The molecule has 130 valence electrons. The molecule has 1 atom stereocenters. The standard InChI is InChI=1S/C16H23F3N2O2/c1-4-7-15(3,20)14(22)21-9-12-6-5-11(2)8-13(12)23-10-16(17,18)19/h5-6,8H,4,7,9-10,20H2,1-3H3,(H,21,22). The van der Waals surface area contributed by atoms with Crippen LogP contribution in [-0.4, -0.2) is 24.2 Å². The van der Waals surface area contributed by atoms with Crippen LogP contribution >= 0.6 is 0 Å². The van der Waals surface area contributed by atoms with Crippen LogP contribution in [0, 0.1) is 6.92 Å². The zero-order valence-electron chi connectivity index (χ0n) is 13.6. The third kappa shape index (κ3) is 6.48. The van der Waals surface area contributed by atoms with Crippen LogP contribution in [0.4, 0.5) is 13.2 Å². The van der Waals surface area contributed by atoms with Crippen molar-refractivity contribution in [2.75, 3.05) is 6.61 Å². The molecule has 1 unspecified atom stereocenters. The number of hydrogen-bond donors (Lipinski definition) is 2. The molecule has 0 bridgehead atoms. The van der Waals surface area contributed by atoms with Crippen LogP contribution < -0.4 is 15.8 Å². The molecule has 1 rings (SSSR count). The number of halogens is 3. The van der Waals surface area contributed by atoms with E-state index in [1.54, 1.807) is 26.0 Å². The van der Waals surface area contributed by atoms with Crippen molar-refractivity contribution in [2.45, 2.75) is 51.9 Å². The number of nitrogens with two attached hydrogens (primary N) is 1. The van der Waals surface area contributed by atoms with Gasteiger partial charge in [0.1, 0.15) is 5.75 Å². The van der Waals surface area contributed by atoms with Gasteiger partial charge < -0.3 is 15.8 Å². The van der Waals surface area contributed by atoms with Crippen molar-refractivity contribution in [3.63, 3.8) is 0 Å². The van der Waals surface area contributed by atoms with Gasteiger partial charge in [-0.15, -0.1) is 0 Å². The molecule has 23 heavy (non-hydrogen) atoms. The van der Waals surface area contributed by atoms with E-state index in [0.717, 1.165) is 12.0 Å². The molecule has 0 aliphatic rings. The van der Waals surface area contributed by atoms with E-state index >= 15 is 0 Å². The van der Waals surface area contributed by atoms with E-state index in [4.69, 9.17) is 10.5 Å². The Kier molecular flexibility index (Phi) is 6.44. The summed E-state index contributed by atoms with van der Waals surface area (Å²) in [5.41, 5.74) is 6.16. The molecule has 0 aliphatic heterocycles. The minimum atomic E-state index is -4.42. The number of carbonyl (C=O) groups excluding carboxylic acids is 1. The fourth-order valence-electron chi connectivity index (χ4n) is 2.11. The van der Waals surface area contributed by atoms with Gasteiger partial charge in [0.2, 0.25) is 5.91 Å². The first-order valence-electron chi connectivity index (χ1n) is 7.41. The van der Waals surface area contributed by atoms with E-state index in [2.05, 4.69) is 5.32 Å². The van der Waals surface area contributed by atoms with Gasteiger partial charge in [0.25, 0.3) is 0 Å². The summed E-state index contributed by atoms with van der Waals surface area (Å²) in [5, 5.41) is 2.66. The van der Waals surface area contributed by atoms with Crippen LogP contribution in [0.1, 0.15) is 37.8 Å². The summed E-state index contributed by atoms with van der Waals surface area (Å²) in [5.74, 6) is -0.237. The smallest absolute Gasteiger partial charge is 0.422 e. The zero-order chi connectivity index (χ0) is 17.7. The van der Waals surface area contributed by atoms with E-state index in [1.807, 2.05) is 6.92 Å². The Morgan fingerprint density at radius 2 is 2.00 bits per heavy atom. The largest absolute Gasteiger partial charge is 0.484 e. The summed E-state index contributed by atoms with van der Waals surface area (Å²) in [6.45, 7) is 3.98. The molecule has 0 fully saturated rings. The second kappa shape index (κ2) is 7.68. The van der Waals surface area contributed by atoms with Crippen molar-refractivity contribution in [3.05, 3.63) is 29.3 Å². The summed E-state index contributed by atoms with van der Waals surface area (Å²) in [7, 11) is 0. The predicted molar refractivity (Wildman–Crippen MR) is 82.1 cm³/mol. The van der Waals surface area contributed by atoms with Gasteiger partial charge in [-0.2, -0.15) is 13.2 Å². The van der Waals surface area contributed by atoms with Crippen molar-refractivity contribution in [3.8, 4) is 5.75 Å². The van der Waals surface area contributed by atoms with E-state index in [9.17, 15) is 18.0 Å². The van der Waals surface area contributed by atoms with Gasteiger partial charge in [-0.05, 0) is 31.9 Å². The summed E-state index contributed by atoms with van der Waals surface area (Å²) in [6, 6.07) is 4.89. The van der Waals surface area contributed by atoms with E-state index < -0.39 is 18.3 Å². The Labute approximate surface area is 134 Å². The van der Waals surface area contributed by atoms with Crippen LogP contribution in [-0.2, 0) is 11.3 Å². The van der Waals surface area contributed by atoms with E-state index in [0.29, 0.717) is 12.0 Å². The maximum Gasteiger partial charge on any atom is 0.422 e. The normalized spacial score (nSPS) is 14.2. The minimum absolute atomic E-state index is 0.0583. The topological polar surface area (TPSA) is 64.4 Å². The Bertz CT molecular complexity index is 543. The lowest BCUT2D eigenvalue weighted by Crippen LogP contribution is -2.51. The van der Waals surface area contributed by atoms with Gasteiger partial charge in [-0.1, -0.05) is 25.5 Å². The first-order chi connectivity index (χ1) is 10.5. The number of benzene rings is 1. The summed E-state index contributed by atoms with van der Waals surface area (Å²) in [6.07, 6.45) is -3.14. The number of carbonyl (C=O) groups is 1. The molecule has 0 saturated heterocycles. The molecule has 3 N–H and O–H groups in total. The summed E-state index contributed by atoms with van der Waals surface area (Å²) >= 11 is 0. The number of amides is 1. The van der Waals surface area contributed by atoms with Gasteiger partial charge in [-0.3, -0.25) is 4.79 Å². The van der Waals surface area contributed by atoms with Gasteiger partial charge in [0.05, 0.1) is 5.54 Å². The molecule has 7 heteroatoms. The van der Waals surface area contributed by atoms with Gasteiger partial charge >= 0.3 is 6.18 Å². The second-order valence-electron chi connectivity index (χ2n) is 5.87. The van der Waals surface area contributed by atoms with E-state index in [-0.39, 0.29) is 18.2 Å². The number of rotatable bonds is 7. The Morgan fingerprint density at radius 3 is 2.57 bits per heavy atom. The zero-order valence-corrected chi connectivity index (χ0v) is 13.6. The average molecular weight is 332 g/mol. The highest BCUT2D eigenvalue weighted by molar-refractivity contribution is 5.85. The average Bonchev–Trinajstić information content (AvgIpc) is 2.42. The second-order valence-corrected chi connectivity index (χ2v) is 5.87. The lowest BCUT2D eigenvalue weighted by atomic mass is 9.96.